The molecule has 1 N–H and O–H groups in total. The smallest absolute Gasteiger partial charge is 0.239 e. The van der Waals surface area contributed by atoms with Crippen molar-refractivity contribution < 1.29 is 13.6 Å². The van der Waals surface area contributed by atoms with Crippen LogP contribution in [0, 0.1) is 11.6 Å². The minimum absolute atomic E-state index is 0.228. The average molecular weight is 341 g/mol. The maximum Gasteiger partial charge on any atom is 0.239 e. The molecule has 8 heteroatoms. The Hall–Kier alpha value is -3.16. The zero-order chi connectivity index (χ0) is 17.4. The summed E-state index contributed by atoms with van der Waals surface area (Å²) in [6.45, 7) is 0. The van der Waals surface area contributed by atoms with E-state index in [1.807, 2.05) is 0 Å². The van der Waals surface area contributed by atoms with Crippen molar-refractivity contribution in [2.45, 2.75) is 18.3 Å². The lowest BCUT2D eigenvalue weighted by molar-refractivity contribution is -0.118. The number of anilines is 1. The first-order valence-electron chi connectivity index (χ1n) is 7.68. The van der Waals surface area contributed by atoms with Gasteiger partial charge in [0.1, 0.15) is 11.2 Å². The number of aromatic nitrogens is 4. The van der Waals surface area contributed by atoms with Gasteiger partial charge in [-0.05, 0) is 31.0 Å². The summed E-state index contributed by atoms with van der Waals surface area (Å²) in [6, 6.07) is 6.74. The number of rotatable bonds is 4. The normalized spacial score (nSPS) is 15.0. The molecule has 3 aromatic rings. The van der Waals surface area contributed by atoms with Gasteiger partial charge in [0.25, 0.3) is 0 Å². The van der Waals surface area contributed by atoms with Crippen LogP contribution in [0.15, 0.2) is 48.9 Å². The summed E-state index contributed by atoms with van der Waals surface area (Å²) in [5.41, 5.74) is -0.362. The van der Waals surface area contributed by atoms with Crippen LogP contribution in [0.1, 0.15) is 18.7 Å². The van der Waals surface area contributed by atoms with Gasteiger partial charge in [0.15, 0.2) is 17.5 Å². The first kappa shape index (κ1) is 15.4. The molecule has 0 atom stereocenters. The van der Waals surface area contributed by atoms with E-state index >= 15 is 0 Å². The number of carbonyl (C=O) groups is 1. The van der Waals surface area contributed by atoms with Crippen LogP contribution in [0.4, 0.5) is 14.6 Å². The van der Waals surface area contributed by atoms with Crippen LogP contribution in [-0.2, 0) is 10.2 Å². The predicted octanol–water partition coefficient (Wildman–Crippen LogP) is 2.61. The van der Waals surface area contributed by atoms with Gasteiger partial charge in [-0.2, -0.15) is 5.10 Å². The third-order valence-corrected chi connectivity index (χ3v) is 4.18. The Bertz CT molecular complexity index is 937. The summed E-state index contributed by atoms with van der Waals surface area (Å²) in [4.78, 5) is 20.9. The molecule has 1 fully saturated rings. The molecule has 25 heavy (non-hydrogen) atoms. The topological polar surface area (TPSA) is 72.7 Å². The Morgan fingerprint density at radius 1 is 1.12 bits per heavy atom. The standard InChI is InChI=1S/C17H13F2N5O/c18-12-3-2-11(10-13(12)19)24-9-4-14(23-24)22-16(25)17(5-6-17)15-20-7-1-8-21-15/h1-4,7-10H,5-6H2,(H,22,23,25). The number of hydrogen-bond acceptors (Lipinski definition) is 4. The maximum absolute atomic E-state index is 13.3. The van der Waals surface area contributed by atoms with Crippen molar-refractivity contribution in [3.05, 3.63) is 66.4 Å². The van der Waals surface area contributed by atoms with Crippen molar-refractivity contribution in [3.8, 4) is 5.69 Å². The van der Waals surface area contributed by atoms with Crippen molar-refractivity contribution in [3.63, 3.8) is 0 Å². The van der Waals surface area contributed by atoms with Gasteiger partial charge in [-0.3, -0.25) is 4.79 Å². The number of nitrogens with zero attached hydrogens (tertiary/aromatic N) is 4. The molecule has 0 aliphatic heterocycles. The van der Waals surface area contributed by atoms with Gasteiger partial charge >= 0.3 is 0 Å². The van der Waals surface area contributed by atoms with E-state index in [1.54, 1.807) is 30.7 Å². The summed E-state index contributed by atoms with van der Waals surface area (Å²) < 4.78 is 27.7. The van der Waals surface area contributed by atoms with Gasteiger partial charge in [-0.15, -0.1) is 0 Å². The number of halogens is 2. The van der Waals surface area contributed by atoms with Gasteiger partial charge in [0.2, 0.25) is 5.91 Å². The van der Waals surface area contributed by atoms with Crippen LogP contribution in [0.3, 0.4) is 0 Å². The monoisotopic (exact) mass is 341 g/mol. The quantitative estimate of drug-likeness (QED) is 0.792. The van der Waals surface area contributed by atoms with Gasteiger partial charge in [0.05, 0.1) is 5.69 Å². The SMILES string of the molecule is O=C(Nc1ccn(-c2ccc(F)c(F)c2)n1)C1(c2ncccn2)CC1. The van der Waals surface area contributed by atoms with Crippen molar-refractivity contribution in [1.82, 2.24) is 19.7 Å². The fourth-order valence-corrected chi connectivity index (χ4v) is 2.62. The van der Waals surface area contributed by atoms with E-state index in [1.165, 1.54) is 10.7 Å². The fourth-order valence-electron chi connectivity index (χ4n) is 2.62. The minimum Gasteiger partial charge on any atom is -0.308 e. The molecule has 2 heterocycles. The zero-order valence-electron chi connectivity index (χ0n) is 13.0. The Morgan fingerprint density at radius 3 is 2.56 bits per heavy atom. The molecular weight excluding hydrogens is 328 g/mol. The molecule has 1 amide bonds. The van der Waals surface area contributed by atoms with Crippen molar-refractivity contribution in [2.24, 2.45) is 0 Å². The zero-order valence-corrected chi connectivity index (χ0v) is 13.0. The first-order chi connectivity index (χ1) is 12.1. The Morgan fingerprint density at radius 2 is 1.88 bits per heavy atom. The molecular formula is C17H13F2N5O. The molecule has 6 nitrogen and oxygen atoms in total. The van der Waals surface area contributed by atoms with Crippen LogP contribution in [0.2, 0.25) is 0 Å². The second-order valence-corrected chi connectivity index (χ2v) is 5.85. The van der Waals surface area contributed by atoms with Crippen LogP contribution in [0.5, 0.6) is 0 Å². The van der Waals surface area contributed by atoms with E-state index in [9.17, 15) is 13.6 Å². The highest BCUT2D eigenvalue weighted by atomic mass is 19.2. The Labute approximate surface area is 141 Å². The molecule has 126 valence electrons. The molecule has 4 rings (SSSR count). The summed E-state index contributed by atoms with van der Waals surface area (Å²) >= 11 is 0. The highest BCUT2D eigenvalue weighted by Crippen LogP contribution is 2.47. The van der Waals surface area contributed by atoms with Crippen LogP contribution < -0.4 is 5.32 Å². The van der Waals surface area contributed by atoms with E-state index in [0.29, 0.717) is 30.2 Å². The third kappa shape index (κ3) is 2.75. The van der Waals surface area contributed by atoms with E-state index in [2.05, 4.69) is 20.4 Å². The lowest BCUT2D eigenvalue weighted by Gasteiger charge is -2.12. The highest BCUT2D eigenvalue weighted by Gasteiger charge is 2.54. The molecule has 1 saturated carbocycles. The van der Waals surface area contributed by atoms with Crippen LogP contribution in [-0.4, -0.2) is 25.7 Å². The Kier molecular flexibility index (Phi) is 3.52. The van der Waals surface area contributed by atoms with E-state index in [4.69, 9.17) is 0 Å². The third-order valence-electron chi connectivity index (χ3n) is 4.18. The summed E-state index contributed by atoms with van der Waals surface area (Å²) in [5, 5.41) is 6.92. The van der Waals surface area contributed by atoms with E-state index in [-0.39, 0.29) is 5.91 Å². The number of carbonyl (C=O) groups excluding carboxylic acids is 1. The summed E-state index contributed by atoms with van der Waals surface area (Å²) in [7, 11) is 0. The molecule has 0 unspecified atom stereocenters. The molecule has 0 bridgehead atoms. The average Bonchev–Trinajstić information content (AvgIpc) is 3.32. The van der Waals surface area contributed by atoms with Gasteiger partial charge in [-0.25, -0.2) is 23.4 Å². The summed E-state index contributed by atoms with van der Waals surface area (Å²) in [6.07, 6.45) is 6.11. The maximum atomic E-state index is 13.3. The first-order valence-corrected chi connectivity index (χ1v) is 7.68. The number of amides is 1. The molecule has 0 spiro atoms. The number of nitrogens with one attached hydrogen (secondary N) is 1. The van der Waals surface area contributed by atoms with Gasteiger partial charge in [0, 0.05) is 30.7 Å². The van der Waals surface area contributed by atoms with Crippen LogP contribution in [0.25, 0.3) is 5.69 Å². The molecule has 1 aliphatic carbocycles. The van der Waals surface area contributed by atoms with Crippen molar-refractivity contribution in [1.29, 1.82) is 0 Å². The highest BCUT2D eigenvalue weighted by molar-refractivity contribution is 6.00. The van der Waals surface area contributed by atoms with Gasteiger partial charge < -0.3 is 5.32 Å². The number of benzene rings is 1. The van der Waals surface area contributed by atoms with Crippen molar-refractivity contribution in [2.75, 3.05) is 5.32 Å². The molecule has 0 saturated heterocycles. The Balaban J connectivity index is 1.53. The lowest BCUT2D eigenvalue weighted by atomic mass is 10.1. The van der Waals surface area contributed by atoms with Crippen LogP contribution >= 0.6 is 0 Å². The number of hydrogen-bond donors (Lipinski definition) is 1. The predicted molar refractivity (Wildman–Crippen MR) is 85.1 cm³/mol. The molecule has 2 aromatic heterocycles. The molecule has 1 aliphatic rings. The second-order valence-electron chi connectivity index (χ2n) is 5.85. The molecule has 0 radical (unpaired) electrons. The molecule has 1 aromatic carbocycles. The largest absolute Gasteiger partial charge is 0.308 e. The van der Waals surface area contributed by atoms with E-state index < -0.39 is 17.0 Å². The van der Waals surface area contributed by atoms with Crippen molar-refractivity contribution >= 4 is 11.7 Å². The van der Waals surface area contributed by atoms with Gasteiger partial charge in [-0.1, -0.05) is 0 Å². The lowest BCUT2D eigenvalue weighted by Crippen LogP contribution is -2.29. The van der Waals surface area contributed by atoms with E-state index in [0.717, 1.165) is 12.1 Å². The fraction of sp³-hybridized carbons (Fsp3) is 0.176. The minimum atomic E-state index is -0.961. The summed E-state index contributed by atoms with van der Waals surface area (Å²) in [5.74, 6) is -1.31. The second kappa shape index (κ2) is 5.73.